The van der Waals surface area contributed by atoms with Crippen LogP contribution in [-0.2, 0) is 11.2 Å². The third-order valence-corrected chi connectivity index (χ3v) is 3.17. The molecule has 0 bridgehead atoms. The zero-order valence-electron chi connectivity index (χ0n) is 11.8. The summed E-state index contributed by atoms with van der Waals surface area (Å²) in [5.74, 6) is 0.841. The zero-order valence-corrected chi connectivity index (χ0v) is 11.8. The number of hydrogen-bond acceptors (Lipinski definition) is 3. The molecule has 0 aliphatic carbocycles. The highest BCUT2D eigenvalue weighted by Gasteiger charge is 2.09. The van der Waals surface area contributed by atoms with Crippen LogP contribution < -0.4 is 5.32 Å². The average Bonchev–Trinajstić information content (AvgIpc) is 2.88. The number of hydrogen-bond donors (Lipinski definition) is 1. The fourth-order valence-corrected chi connectivity index (χ4v) is 2.04. The third kappa shape index (κ3) is 3.35. The minimum atomic E-state index is 0.255. The van der Waals surface area contributed by atoms with Gasteiger partial charge in [-0.05, 0) is 31.0 Å². The molecule has 0 aliphatic heterocycles. The van der Waals surface area contributed by atoms with E-state index < -0.39 is 0 Å². The van der Waals surface area contributed by atoms with Crippen LogP contribution in [0.5, 0.6) is 0 Å². The van der Waals surface area contributed by atoms with Crippen molar-refractivity contribution in [3.05, 3.63) is 42.2 Å². The lowest BCUT2D eigenvalue weighted by atomic mass is 10.1. The van der Waals surface area contributed by atoms with E-state index in [1.54, 1.807) is 13.3 Å². The SMILES string of the molecule is CCc1ccc(Nc2nccn2C(C)COC)cc1. The fraction of sp³-hybridized carbons (Fsp3) is 0.400. The molecule has 19 heavy (non-hydrogen) atoms. The summed E-state index contributed by atoms with van der Waals surface area (Å²) in [6.07, 6.45) is 4.82. The van der Waals surface area contributed by atoms with Gasteiger partial charge in [0, 0.05) is 25.2 Å². The van der Waals surface area contributed by atoms with Crippen LogP contribution in [0, 0.1) is 0 Å². The van der Waals surface area contributed by atoms with Crippen molar-refractivity contribution < 1.29 is 4.74 Å². The second kappa shape index (κ2) is 6.38. The second-order valence-corrected chi connectivity index (χ2v) is 4.64. The summed E-state index contributed by atoms with van der Waals surface area (Å²) in [6, 6.07) is 8.69. The normalized spacial score (nSPS) is 12.4. The molecule has 1 N–H and O–H groups in total. The molecule has 0 saturated heterocycles. The lowest BCUT2D eigenvalue weighted by molar-refractivity contribution is 0.163. The van der Waals surface area contributed by atoms with E-state index in [4.69, 9.17) is 4.74 Å². The van der Waals surface area contributed by atoms with Crippen molar-refractivity contribution >= 4 is 11.6 Å². The van der Waals surface area contributed by atoms with Crippen LogP contribution in [0.15, 0.2) is 36.7 Å². The Labute approximate surface area is 114 Å². The molecule has 4 nitrogen and oxygen atoms in total. The summed E-state index contributed by atoms with van der Waals surface area (Å²) < 4.78 is 7.27. The van der Waals surface area contributed by atoms with Gasteiger partial charge in [0.1, 0.15) is 0 Å². The first-order chi connectivity index (χ1) is 9.24. The van der Waals surface area contributed by atoms with Crippen LogP contribution in [-0.4, -0.2) is 23.3 Å². The molecule has 1 heterocycles. The lowest BCUT2D eigenvalue weighted by Crippen LogP contribution is -2.12. The molecule has 0 aliphatic rings. The quantitative estimate of drug-likeness (QED) is 0.864. The topological polar surface area (TPSA) is 39.1 Å². The molecule has 0 spiro atoms. The van der Waals surface area contributed by atoms with Crippen molar-refractivity contribution in [1.29, 1.82) is 0 Å². The molecule has 4 heteroatoms. The predicted molar refractivity (Wildman–Crippen MR) is 77.9 cm³/mol. The van der Waals surface area contributed by atoms with Gasteiger partial charge in [-0.1, -0.05) is 19.1 Å². The third-order valence-electron chi connectivity index (χ3n) is 3.17. The number of imidazole rings is 1. The number of nitrogens with one attached hydrogen (secondary N) is 1. The number of anilines is 2. The van der Waals surface area contributed by atoms with Crippen LogP contribution in [0.25, 0.3) is 0 Å². The number of aryl methyl sites for hydroxylation is 1. The summed E-state index contributed by atoms with van der Waals surface area (Å²) in [5.41, 5.74) is 2.39. The standard InChI is InChI=1S/C15H21N3O/c1-4-13-5-7-14(8-6-13)17-15-16-9-10-18(15)12(2)11-19-3/h5-10,12H,4,11H2,1-3H3,(H,16,17). The van der Waals surface area contributed by atoms with E-state index in [0.717, 1.165) is 18.1 Å². The molecule has 1 aromatic heterocycles. The molecule has 0 radical (unpaired) electrons. The van der Waals surface area contributed by atoms with Gasteiger partial charge in [-0.15, -0.1) is 0 Å². The van der Waals surface area contributed by atoms with Gasteiger partial charge < -0.3 is 14.6 Å². The molecule has 102 valence electrons. The predicted octanol–water partition coefficient (Wildman–Crippen LogP) is 3.40. The first-order valence-electron chi connectivity index (χ1n) is 6.62. The van der Waals surface area contributed by atoms with E-state index in [0.29, 0.717) is 6.61 Å². The highest BCUT2D eigenvalue weighted by atomic mass is 16.5. The van der Waals surface area contributed by atoms with Crippen LogP contribution >= 0.6 is 0 Å². The molecule has 1 unspecified atom stereocenters. The van der Waals surface area contributed by atoms with Crippen molar-refractivity contribution in [2.75, 3.05) is 19.0 Å². The molecule has 0 saturated carbocycles. The molecule has 0 amide bonds. The average molecular weight is 259 g/mol. The number of methoxy groups -OCH3 is 1. The zero-order chi connectivity index (χ0) is 13.7. The van der Waals surface area contributed by atoms with Crippen molar-refractivity contribution in [3.8, 4) is 0 Å². The van der Waals surface area contributed by atoms with Gasteiger partial charge in [-0.25, -0.2) is 4.98 Å². The van der Waals surface area contributed by atoms with Gasteiger partial charge in [-0.3, -0.25) is 0 Å². The van der Waals surface area contributed by atoms with Crippen LogP contribution in [0.3, 0.4) is 0 Å². The monoisotopic (exact) mass is 259 g/mol. The van der Waals surface area contributed by atoms with Crippen molar-refractivity contribution in [2.45, 2.75) is 26.3 Å². The van der Waals surface area contributed by atoms with E-state index in [1.807, 2.05) is 6.20 Å². The highest BCUT2D eigenvalue weighted by Crippen LogP contribution is 2.19. The molecule has 1 atom stereocenters. The summed E-state index contributed by atoms with van der Waals surface area (Å²) in [6.45, 7) is 4.93. The Hall–Kier alpha value is -1.81. The number of rotatable bonds is 6. The summed E-state index contributed by atoms with van der Waals surface area (Å²) in [7, 11) is 1.71. The van der Waals surface area contributed by atoms with Crippen LogP contribution in [0.4, 0.5) is 11.6 Å². The molecular weight excluding hydrogens is 238 g/mol. The fourth-order valence-electron chi connectivity index (χ4n) is 2.04. The first kappa shape index (κ1) is 13.6. The maximum atomic E-state index is 5.19. The molecule has 2 rings (SSSR count). The number of nitrogens with zero attached hydrogens (tertiary/aromatic N) is 2. The van der Waals surface area contributed by atoms with Gasteiger partial charge in [-0.2, -0.15) is 0 Å². The van der Waals surface area contributed by atoms with Gasteiger partial charge in [0.05, 0.1) is 12.6 Å². The van der Waals surface area contributed by atoms with E-state index in [2.05, 4.69) is 53.0 Å². The Kier molecular flexibility index (Phi) is 4.58. The lowest BCUT2D eigenvalue weighted by Gasteiger charge is -2.16. The molecule has 2 aromatic rings. The molecule has 1 aromatic carbocycles. The van der Waals surface area contributed by atoms with Crippen molar-refractivity contribution in [1.82, 2.24) is 9.55 Å². The number of aromatic nitrogens is 2. The minimum absolute atomic E-state index is 0.255. The molecular formula is C15H21N3O. The maximum absolute atomic E-state index is 5.19. The Morgan fingerprint density at radius 3 is 2.68 bits per heavy atom. The van der Waals surface area contributed by atoms with E-state index >= 15 is 0 Å². The van der Waals surface area contributed by atoms with E-state index in [9.17, 15) is 0 Å². The largest absolute Gasteiger partial charge is 0.383 e. The Balaban J connectivity index is 2.12. The Bertz CT molecular complexity index is 504. The summed E-state index contributed by atoms with van der Waals surface area (Å²) in [5, 5.41) is 3.34. The van der Waals surface area contributed by atoms with Crippen LogP contribution in [0.1, 0.15) is 25.5 Å². The van der Waals surface area contributed by atoms with Gasteiger partial charge in [0.2, 0.25) is 5.95 Å². The minimum Gasteiger partial charge on any atom is -0.383 e. The maximum Gasteiger partial charge on any atom is 0.207 e. The number of benzene rings is 1. The smallest absolute Gasteiger partial charge is 0.207 e. The van der Waals surface area contributed by atoms with Crippen LogP contribution in [0.2, 0.25) is 0 Å². The van der Waals surface area contributed by atoms with E-state index in [1.165, 1.54) is 5.56 Å². The Morgan fingerprint density at radius 1 is 1.32 bits per heavy atom. The van der Waals surface area contributed by atoms with Crippen molar-refractivity contribution in [2.24, 2.45) is 0 Å². The second-order valence-electron chi connectivity index (χ2n) is 4.64. The number of ether oxygens (including phenoxy) is 1. The molecule has 0 fully saturated rings. The van der Waals surface area contributed by atoms with E-state index in [-0.39, 0.29) is 6.04 Å². The van der Waals surface area contributed by atoms with Gasteiger partial charge in [0.15, 0.2) is 0 Å². The van der Waals surface area contributed by atoms with Crippen molar-refractivity contribution in [3.63, 3.8) is 0 Å². The summed E-state index contributed by atoms with van der Waals surface area (Å²) >= 11 is 0. The first-order valence-corrected chi connectivity index (χ1v) is 6.62. The van der Waals surface area contributed by atoms with Gasteiger partial charge >= 0.3 is 0 Å². The Morgan fingerprint density at radius 2 is 2.05 bits per heavy atom. The highest BCUT2D eigenvalue weighted by molar-refractivity contribution is 5.54. The summed E-state index contributed by atoms with van der Waals surface area (Å²) in [4.78, 5) is 4.35. The van der Waals surface area contributed by atoms with Gasteiger partial charge in [0.25, 0.3) is 0 Å².